The van der Waals surface area contributed by atoms with Crippen LogP contribution in [0, 0.1) is 0 Å². The van der Waals surface area contributed by atoms with E-state index in [0.717, 1.165) is 34.8 Å². The number of hydrogen-bond acceptors (Lipinski definition) is 4. The summed E-state index contributed by atoms with van der Waals surface area (Å²) < 4.78 is 5.50. The van der Waals surface area contributed by atoms with Crippen molar-refractivity contribution in [3.63, 3.8) is 0 Å². The smallest absolute Gasteiger partial charge is 0.230 e. The van der Waals surface area contributed by atoms with Crippen LogP contribution in [0.5, 0.6) is 5.75 Å². The maximum absolute atomic E-state index is 12.2. The third-order valence-corrected chi connectivity index (χ3v) is 5.07. The van der Waals surface area contributed by atoms with Gasteiger partial charge >= 0.3 is 0 Å². The van der Waals surface area contributed by atoms with Crippen molar-refractivity contribution in [2.75, 3.05) is 12.4 Å². The number of aromatic nitrogens is 2. The van der Waals surface area contributed by atoms with Crippen LogP contribution >= 0.6 is 11.8 Å². The quantitative estimate of drug-likeness (QED) is 0.544. The number of rotatable bonds is 9. The zero-order valence-corrected chi connectivity index (χ0v) is 16.5. The van der Waals surface area contributed by atoms with Crippen molar-refractivity contribution in [1.29, 1.82) is 0 Å². The molecule has 1 aromatic heterocycles. The molecule has 2 N–H and O–H groups in total. The molecule has 1 atom stereocenters. The number of imidazole rings is 1. The van der Waals surface area contributed by atoms with Gasteiger partial charge in [0.2, 0.25) is 5.91 Å². The second kappa shape index (κ2) is 9.46. The Hall–Kier alpha value is -2.47. The van der Waals surface area contributed by atoms with Gasteiger partial charge in [0, 0.05) is 12.1 Å². The minimum absolute atomic E-state index is 0.0241. The number of fused-ring (bicyclic) bond motifs is 1. The number of thioether (sulfide) groups is 1. The molecule has 0 fully saturated rings. The molecular formula is C21H25N3O2S. The molecule has 1 amide bonds. The predicted molar refractivity (Wildman–Crippen MR) is 110 cm³/mol. The van der Waals surface area contributed by atoms with E-state index in [1.165, 1.54) is 17.3 Å². The highest BCUT2D eigenvalue weighted by Crippen LogP contribution is 2.23. The van der Waals surface area contributed by atoms with Crippen molar-refractivity contribution < 1.29 is 9.53 Å². The molecule has 0 bridgehead atoms. The molecule has 0 radical (unpaired) electrons. The van der Waals surface area contributed by atoms with E-state index in [9.17, 15) is 4.79 Å². The van der Waals surface area contributed by atoms with Gasteiger partial charge in [-0.15, -0.1) is 0 Å². The molecule has 0 aliphatic heterocycles. The van der Waals surface area contributed by atoms with E-state index < -0.39 is 0 Å². The number of benzene rings is 2. The largest absolute Gasteiger partial charge is 0.494 e. The lowest BCUT2D eigenvalue weighted by Gasteiger charge is -2.13. The summed E-state index contributed by atoms with van der Waals surface area (Å²) in [5.74, 6) is 1.18. The highest BCUT2D eigenvalue weighted by molar-refractivity contribution is 7.99. The van der Waals surface area contributed by atoms with E-state index in [1.54, 1.807) is 0 Å². The number of H-pyrrole nitrogens is 1. The molecule has 5 nitrogen and oxygen atoms in total. The number of nitrogens with one attached hydrogen (secondary N) is 2. The molecule has 2 aromatic carbocycles. The summed E-state index contributed by atoms with van der Waals surface area (Å²) in [6.45, 7) is 4.63. The second-order valence-electron chi connectivity index (χ2n) is 6.44. The normalized spacial score (nSPS) is 12.1. The third kappa shape index (κ3) is 5.76. The summed E-state index contributed by atoms with van der Waals surface area (Å²) in [6, 6.07) is 16.2. The SMILES string of the molecule is CCOc1ccc2nc(SCC(=O)N[C@@H](C)CCc3ccccc3)[nH]c2c1. The van der Waals surface area contributed by atoms with E-state index in [-0.39, 0.29) is 11.9 Å². The molecule has 0 saturated carbocycles. The summed E-state index contributed by atoms with van der Waals surface area (Å²) in [6.07, 6.45) is 1.88. The van der Waals surface area contributed by atoms with Gasteiger partial charge in [-0.2, -0.15) is 0 Å². The standard InChI is InChI=1S/C21H25N3O2S/c1-3-26-17-11-12-18-19(13-17)24-21(23-18)27-14-20(25)22-15(2)9-10-16-7-5-4-6-8-16/h4-8,11-13,15H,3,9-10,14H2,1-2H3,(H,22,25)(H,23,24)/t15-/m0/s1. The average Bonchev–Trinajstić information content (AvgIpc) is 3.08. The lowest BCUT2D eigenvalue weighted by Crippen LogP contribution is -2.34. The second-order valence-corrected chi connectivity index (χ2v) is 7.40. The van der Waals surface area contributed by atoms with Crippen LogP contribution in [-0.4, -0.2) is 34.3 Å². The van der Waals surface area contributed by atoms with Gasteiger partial charge in [-0.05, 0) is 44.4 Å². The summed E-state index contributed by atoms with van der Waals surface area (Å²) >= 11 is 1.41. The summed E-state index contributed by atoms with van der Waals surface area (Å²) in [5, 5.41) is 3.80. The highest BCUT2D eigenvalue weighted by atomic mass is 32.2. The van der Waals surface area contributed by atoms with Gasteiger partial charge < -0.3 is 15.0 Å². The summed E-state index contributed by atoms with van der Waals surface area (Å²) in [4.78, 5) is 20.0. The average molecular weight is 384 g/mol. The maximum atomic E-state index is 12.2. The molecule has 0 spiro atoms. The van der Waals surface area contributed by atoms with Crippen LogP contribution in [0.15, 0.2) is 53.7 Å². The number of amides is 1. The summed E-state index contributed by atoms with van der Waals surface area (Å²) in [5.41, 5.74) is 3.08. The van der Waals surface area contributed by atoms with Crippen molar-refractivity contribution in [3.8, 4) is 5.75 Å². The van der Waals surface area contributed by atoms with E-state index in [4.69, 9.17) is 4.74 Å². The van der Waals surface area contributed by atoms with Crippen LogP contribution in [0.1, 0.15) is 25.8 Å². The Kier molecular flexibility index (Phi) is 6.76. The summed E-state index contributed by atoms with van der Waals surface area (Å²) in [7, 11) is 0. The molecule has 0 saturated heterocycles. The van der Waals surface area contributed by atoms with Crippen molar-refractivity contribution in [2.45, 2.75) is 37.9 Å². The first kappa shape index (κ1) is 19.3. The molecule has 1 heterocycles. The molecule has 27 heavy (non-hydrogen) atoms. The Morgan fingerprint density at radius 3 is 2.85 bits per heavy atom. The Bertz CT molecular complexity index is 880. The fourth-order valence-electron chi connectivity index (χ4n) is 2.84. The molecule has 6 heteroatoms. The molecule has 142 valence electrons. The topological polar surface area (TPSA) is 67.0 Å². The van der Waals surface area contributed by atoms with Gasteiger partial charge in [-0.25, -0.2) is 4.98 Å². The van der Waals surface area contributed by atoms with Gasteiger partial charge in [0.25, 0.3) is 0 Å². The van der Waals surface area contributed by atoms with E-state index in [2.05, 4.69) is 27.4 Å². The zero-order chi connectivity index (χ0) is 19.1. The molecule has 0 aliphatic rings. The molecule has 3 rings (SSSR count). The molecule has 0 unspecified atom stereocenters. The van der Waals surface area contributed by atoms with E-state index >= 15 is 0 Å². The van der Waals surface area contributed by atoms with Crippen LogP contribution < -0.4 is 10.1 Å². The number of nitrogens with zero attached hydrogens (tertiary/aromatic N) is 1. The fraction of sp³-hybridized carbons (Fsp3) is 0.333. The van der Waals surface area contributed by atoms with Gasteiger partial charge in [-0.3, -0.25) is 4.79 Å². The maximum Gasteiger partial charge on any atom is 0.230 e. The Balaban J connectivity index is 1.46. The lowest BCUT2D eigenvalue weighted by molar-refractivity contribution is -0.119. The molecule has 0 aliphatic carbocycles. The third-order valence-electron chi connectivity index (χ3n) is 4.20. The molecule has 3 aromatic rings. The van der Waals surface area contributed by atoms with Gasteiger partial charge in [-0.1, -0.05) is 42.1 Å². The van der Waals surface area contributed by atoms with Crippen LogP contribution in [0.3, 0.4) is 0 Å². The first-order chi connectivity index (χ1) is 13.1. The minimum Gasteiger partial charge on any atom is -0.494 e. The number of aryl methyl sites for hydroxylation is 1. The number of hydrogen-bond donors (Lipinski definition) is 2. The van der Waals surface area contributed by atoms with E-state index in [1.807, 2.05) is 50.2 Å². The van der Waals surface area contributed by atoms with Crippen LogP contribution in [0.25, 0.3) is 11.0 Å². The first-order valence-electron chi connectivity index (χ1n) is 9.22. The van der Waals surface area contributed by atoms with Gasteiger partial charge in [0.15, 0.2) is 5.16 Å². The first-order valence-corrected chi connectivity index (χ1v) is 10.2. The van der Waals surface area contributed by atoms with Crippen LogP contribution in [0.4, 0.5) is 0 Å². The highest BCUT2D eigenvalue weighted by Gasteiger charge is 2.10. The predicted octanol–water partition coefficient (Wildman–Crippen LogP) is 4.19. The number of carbonyl (C=O) groups is 1. The minimum atomic E-state index is 0.0241. The molecular weight excluding hydrogens is 358 g/mol. The Morgan fingerprint density at radius 2 is 2.07 bits per heavy atom. The zero-order valence-electron chi connectivity index (χ0n) is 15.7. The number of ether oxygens (including phenoxy) is 1. The monoisotopic (exact) mass is 383 g/mol. The Morgan fingerprint density at radius 1 is 1.26 bits per heavy atom. The van der Waals surface area contributed by atoms with Crippen molar-refractivity contribution in [3.05, 3.63) is 54.1 Å². The number of aromatic amines is 1. The van der Waals surface area contributed by atoms with Crippen LogP contribution in [-0.2, 0) is 11.2 Å². The van der Waals surface area contributed by atoms with E-state index in [0.29, 0.717) is 12.4 Å². The Labute approximate surface area is 163 Å². The van der Waals surface area contributed by atoms with Crippen molar-refractivity contribution >= 4 is 28.7 Å². The van der Waals surface area contributed by atoms with Crippen molar-refractivity contribution in [1.82, 2.24) is 15.3 Å². The number of carbonyl (C=O) groups excluding carboxylic acids is 1. The van der Waals surface area contributed by atoms with Gasteiger partial charge in [0.05, 0.1) is 23.4 Å². The van der Waals surface area contributed by atoms with Crippen molar-refractivity contribution in [2.24, 2.45) is 0 Å². The van der Waals surface area contributed by atoms with Crippen LogP contribution in [0.2, 0.25) is 0 Å². The fourth-order valence-corrected chi connectivity index (χ4v) is 3.54. The lowest BCUT2D eigenvalue weighted by atomic mass is 10.1. The van der Waals surface area contributed by atoms with Gasteiger partial charge in [0.1, 0.15) is 5.75 Å².